The number of rotatable bonds is 3. The maximum atomic E-state index is 4.58. The summed E-state index contributed by atoms with van der Waals surface area (Å²) in [5.74, 6) is 0. The molecule has 2 aromatic carbocycles. The zero-order valence-electron chi connectivity index (χ0n) is 11.9. The zero-order valence-corrected chi connectivity index (χ0v) is 11.9. The highest BCUT2D eigenvalue weighted by Crippen LogP contribution is 2.24. The van der Waals surface area contributed by atoms with Crippen molar-refractivity contribution in [2.45, 2.75) is 31.7 Å². The number of anilines is 1. The molecule has 4 heteroatoms. The van der Waals surface area contributed by atoms with E-state index in [9.17, 15) is 0 Å². The smallest absolute Gasteiger partial charge is 0.115 e. The van der Waals surface area contributed by atoms with Crippen molar-refractivity contribution in [2.75, 3.05) is 5.32 Å². The number of para-hydroxylation sites is 1. The molecule has 3 aromatic rings. The van der Waals surface area contributed by atoms with Crippen LogP contribution in [-0.4, -0.2) is 21.0 Å². The van der Waals surface area contributed by atoms with Crippen molar-refractivity contribution in [3.05, 3.63) is 48.5 Å². The molecule has 0 amide bonds. The number of benzene rings is 2. The van der Waals surface area contributed by atoms with Crippen LogP contribution in [-0.2, 0) is 0 Å². The predicted octanol–water partition coefficient (Wildman–Crippen LogP) is 3.78. The Morgan fingerprint density at radius 1 is 0.905 bits per heavy atom. The minimum absolute atomic E-state index is 0.617. The largest absolute Gasteiger partial charge is 0.382 e. The van der Waals surface area contributed by atoms with Crippen LogP contribution in [0.3, 0.4) is 0 Å². The molecular formula is C17H18N4. The van der Waals surface area contributed by atoms with Gasteiger partial charge in [-0.05, 0) is 43.2 Å². The summed E-state index contributed by atoms with van der Waals surface area (Å²) >= 11 is 0. The van der Waals surface area contributed by atoms with E-state index in [0.717, 1.165) is 22.4 Å². The third kappa shape index (κ3) is 2.49. The molecule has 0 unspecified atom stereocenters. The summed E-state index contributed by atoms with van der Waals surface area (Å²) in [6, 6.07) is 16.9. The molecule has 21 heavy (non-hydrogen) atoms. The Morgan fingerprint density at radius 2 is 1.67 bits per heavy atom. The summed E-state index contributed by atoms with van der Waals surface area (Å²) in [6.45, 7) is 0. The van der Waals surface area contributed by atoms with Crippen molar-refractivity contribution in [2.24, 2.45) is 0 Å². The van der Waals surface area contributed by atoms with Crippen LogP contribution in [0.4, 0.5) is 5.69 Å². The highest BCUT2D eigenvalue weighted by molar-refractivity contribution is 5.78. The molecule has 1 N–H and O–H groups in total. The quantitative estimate of drug-likeness (QED) is 0.793. The van der Waals surface area contributed by atoms with Gasteiger partial charge in [0.05, 0.1) is 5.69 Å². The van der Waals surface area contributed by atoms with Crippen molar-refractivity contribution >= 4 is 16.7 Å². The lowest BCUT2D eigenvalue weighted by molar-refractivity contribution is 0.755. The summed E-state index contributed by atoms with van der Waals surface area (Å²) in [4.78, 5) is 1.70. The Morgan fingerprint density at radius 3 is 2.48 bits per heavy atom. The molecule has 4 nitrogen and oxygen atoms in total. The van der Waals surface area contributed by atoms with Gasteiger partial charge < -0.3 is 5.32 Å². The second-order valence-corrected chi connectivity index (χ2v) is 5.65. The third-order valence-electron chi connectivity index (χ3n) is 4.09. The topological polar surface area (TPSA) is 42.7 Å². The van der Waals surface area contributed by atoms with Gasteiger partial charge in [-0.1, -0.05) is 31.0 Å². The average Bonchev–Trinajstić information content (AvgIpc) is 3.17. The molecule has 1 aliphatic carbocycles. The third-order valence-corrected chi connectivity index (χ3v) is 4.09. The van der Waals surface area contributed by atoms with Crippen LogP contribution in [0.1, 0.15) is 25.7 Å². The van der Waals surface area contributed by atoms with Crippen LogP contribution < -0.4 is 5.32 Å². The van der Waals surface area contributed by atoms with E-state index >= 15 is 0 Å². The summed E-state index contributed by atoms with van der Waals surface area (Å²) in [5, 5.41) is 12.7. The summed E-state index contributed by atoms with van der Waals surface area (Å²) in [6.07, 6.45) is 5.22. The van der Waals surface area contributed by atoms with E-state index in [1.165, 1.54) is 25.7 Å². The molecule has 1 aromatic heterocycles. The molecule has 106 valence electrons. The highest BCUT2D eigenvalue weighted by atomic mass is 15.5. The van der Waals surface area contributed by atoms with E-state index < -0.39 is 0 Å². The molecule has 0 aliphatic heterocycles. The monoisotopic (exact) mass is 278 g/mol. The van der Waals surface area contributed by atoms with Crippen molar-refractivity contribution in [3.63, 3.8) is 0 Å². The molecule has 1 heterocycles. The van der Waals surface area contributed by atoms with Crippen molar-refractivity contribution in [1.29, 1.82) is 0 Å². The lowest BCUT2D eigenvalue weighted by Gasteiger charge is -2.12. The molecular weight excluding hydrogens is 260 g/mol. The number of hydrogen-bond acceptors (Lipinski definition) is 3. The second-order valence-electron chi connectivity index (χ2n) is 5.65. The number of hydrogen-bond donors (Lipinski definition) is 1. The first-order chi connectivity index (χ1) is 10.4. The van der Waals surface area contributed by atoms with E-state index in [1.807, 2.05) is 36.4 Å². The molecule has 4 rings (SSSR count). The maximum Gasteiger partial charge on any atom is 0.115 e. The van der Waals surface area contributed by atoms with Crippen LogP contribution in [0.5, 0.6) is 0 Å². The van der Waals surface area contributed by atoms with E-state index in [4.69, 9.17) is 0 Å². The summed E-state index contributed by atoms with van der Waals surface area (Å²) in [7, 11) is 0. The Labute approximate surface area is 123 Å². The van der Waals surface area contributed by atoms with Gasteiger partial charge in [0, 0.05) is 11.7 Å². The number of fused-ring (bicyclic) bond motifs is 1. The van der Waals surface area contributed by atoms with Gasteiger partial charge in [0.2, 0.25) is 0 Å². The molecule has 1 fully saturated rings. The molecule has 0 bridgehead atoms. The Balaban J connectivity index is 1.65. The van der Waals surface area contributed by atoms with Gasteiger partial charge in [0.1, 0.15) is 11.0 Å². The van der Waals surface area contributed by atoms with Gasteiger partial charge >= 0.3 is 0 Å². The van der Waals surface area contributed by atoms with E-state index in [1.54, 1.807) is 4.80 Å². The normalized spacial score (nSPS) is 15.6. The number of nitrogens with one attached hydrogen (secondary N) is 1. The Bertz CT molecular complexity index is 742. The molecule has 0 spiro atoms. The molecule has 1 saturated carbocycles. The van der Waals surface area contributed by atoms with Crippen molar-refractivity contribution in [3.8, 4) is 5.69 Å². The number of nitrogens with zero attached hydrogens (tertiary/aromatic N) is 3. The first-order valence-corrected chi connectivity index (χ1v) is 7.57. The first-order valence-electron chi connectivity index (χ1n) is 7.57. The Kier molecular flexibility index (Phi) is 3.07. The van der Waals surface area contributed by atoms with Gasteiger partial charge in [-0.3, -0.25) is 0 Å². The molecule has 0 radical (unpaired) electrons. The van der Waals surface area contributed by atoms with E-state index in [-0.39, 0.29) is 0 Å². The van der Waals surface area contributed by atoms with Gasteiger partial charge in [0.15, 0.2) is 0 Å². The molecule has 0 saturated heterocycles. The highest BCUT2D eigenvalue weighted by Gasteiger charge is 2.15. The van der Waals surface area contributed by atoms with Crippen molar-refractivity contribution < 1.29 is 0 Å². The van der Waals surface area contributed by atoms with Crippen LogP contribution >= 0.6 is 0 Å². The lowest BCUT2D eigenvalue weighted by Crippen LogP contribution is -2.14. The van der Waals surface area contributed by atoms with Gasteiger partial charge in [0.25, 0.3) is 0 Å². The summed E-state index contributed by atoms with van der Waals surface area (Å²) < 4.78 is 0. The van der Waals surface area contributed by atoms with Gasteiger partial charge in [-0.2, -0.15) is 4.80 Å². The number of aromatic nitrogens is 3. The van der Waals surface area contributed by atoms with E-state index in [2.05, 4.69) is 27.6 Å². The SMILES string of the molecule is c1ccc(-n2nc3ccc(NC4CCCC4)cc3n2)cc1. The standard InChI is InChI=1S/C17H18N4/c1-2-8-15(9-3-1)21-19-16-11-10-14(12-17(16)20-21)18-13-6-4-5-7-13/h1-3,8-13,18H,4-7H2. The first kappa shape index (κ1) is 12.4. The fourth-order valence-corrected chi connectivity index (χ4v) is 2.99. The van der Waals surface area contributed by atoms with Crippen LogP contribution in [0.25, 0.3) is 16.7 Å². The van der Waals surface area contributed by atoms with Crippen LogP contribution in [0, 0.1) is 0 Å². The van der Waals surface area contributed by atoms with E-state index in [0.29, 0.717) is 6.04 Å². The molecule has 1 aliphatic rings. The van der Waals surface area contributed by atoms with Gasteiger partial charge in [-0.25, -0.2) is 0 Å². The Hall–Kier alpha value is -2.36. The minimum atomic E-state index is 0.617. The van der Waals surface area contributed by atoms with Crippen LogP contribution in [0.15, 0.2) is 48.5 Å². The predicted molar refractivity (Wildman–Crippen MR) is 84.7 cm³/mol. The second kappa shape index (κ2) is 5.20. The maximum absolute atomic E-state index is 4.58. The minimum Gasteiger partial charge on any atom is -0.382 e. The van der Waals surface area contributed by atoms with Crippen LogP contribution in [0.2, 0.25) is 0 Å². The summed E-state index contributed by atoms with van der Waals surface area (Å²) in [5.41, 5.74) is 3.99. The zero-order chi connectivity index (χ0) is 14.1. The lowest BCUT2D eigenvalue weighted by atomic mass is 10.2. The molecule has 0 atom stereocenters. The van der Waals surface area contributed by atoms with Gasteiger partial charge in [-0.15, -0.1) is 10.2 Å². The van der Waals surface area contributed by atoms with Crippen molar-refractivity contribution in [1.82, 2.24) is 15.0 Å². The fraction of sp³-hybridized carbons (Fsp3) is 0.294. The average molecular weight is 278 g/mol. The fourth-order valence-electron chi connectivity index (χ4n) is 2.99.